The number of aliphatic imine (C=N–C) groups is 1. The predicted octanol–water partition coefficient (Wildman–Crippen LogP) is 2.22. The molecule has 0 aromatic rings. The number of carbonyl (C=O) groups is 3. The summed E-state index contributed by atoms with van der Waals surface area (Å²) in [5, 5.41) is 2.78. The van der Waals surface area contributed by atoms with Gasteiger partial charge in [-0.15, -0.1) is 0 Å². The van der Waals surface area contributed by atoms with Gasteiger partial charge in [-0.1, -0.05) is 31.9 Å². The molecule has 4 amide bonds. The van der Waals surface area contributed by atoms with Crippen LogP contribution in [-0.4, -0.2) is 41.0 Å². The molecule has 0 fully saturated rings. The maximum atomic E-state index is 12.5. The molecule has 0 radical (unpaired) electrons. The summed E-state index contributed by atoms with van der Waals surface area (Å²) in [6.45, 7) is 6.20. The van der Waals surface area contributed by atoms with Crippen LogP contribution in [0.5, 0.6) is 0 Å². The van der Waals surface area contributed by atoms with E-state index < -0.39 is 11.9 Å². The Bertz CT molecular complexity index is 602. The lowest BCUT2D eigenvalue weighted by Crippen LogP contribution is -2.47. The first-order chi connectivity index (χ1) is 10.9. The number of hydrogen-bond acceptors (Lipinski definition) is 3. The van der Waals surface area contributed by atoms with Gasteiger partial charge in [0.15, 0.2) is 0 Å². The zero-order valence-electron chi connectivity index (χ0n) is 13.8. The van der Waals surface area contributed by atoms with Gasteiger partial charge < -0.3 is 5.32 Å². The Morgan fingerprint density at radius 3 is 2.74 bits per heavy atom. The quantitative estimate of drug-likeness (QED) is 0.763. The van der Waals surface area contributed by atoms with Crippen LogP contribution in [0.4, 0.5) is 4.79 Å². The molecular formula is C17H23N3O3. The van der Waals surface area contributed by atoms with Crippen molar-refractivity contribution in [3.63, 3.8) is 0 Å². The average Bonchev–Trinajstić information content (AvgIpc) is 2.49. The number of unbranched alkanes of at least 4 members (excludes halogenated alkanes) is 2. The summed E-state index contributed by atoms with van der Waals surface area (Å²) in [7, 11) is 0. The topological polar surface area (TPSA) is 78.8 Å². The highest BCUT2D eigenvalue weighted by atomic mass is 16.2. The normalized spacial score (nSPS) is 20.3. The zero-order chi connectivity index (χ0) is 17.0. The average molecular weight is 317 g/mol. The minimum atomic E-state index is -0.565. The van der Waals surface area contributed by atoms with Gasteiger partial charge in [0, 0.05) is 18.2 Å². The van der Waals surface area contributed by atoms with Gasteiger partial charge in [-0.05, 0) is 26.3 Å². The number of hydrogen-bond donors (Lipinski definition) is 1. The van der Waals surface area contributed by atoms with Crippen molar-refractivity contribution in [2.24, 2.45) is 10.9 Å². The third-order valence-corrected chi connectivity index (χ3v) is 3.75. The van der Waals surface area contributed by atoms with Crippen molar-refractivity contribution in [1.29, 1.82) is 0 Å². The van der Waals surface area contributed by atoms with Crippen LogP contribution in [0, 0.1) is 5.92 Å². The third-order valence-electron chi connectivity index (χ3n) is 3.75. The fourth-order valence-electron chi connectivity index (χ4n) is 2.55. The fourth-order valence-corrected chi connectivity index (χ4v) is 2.55. The molecule has 1 aliphatic carbocycles. The molecule has 2 aliphatic rings. The number of allylic oxidation sites excluding steroid dienone is 1. The number of urea groups is 1. The highest BCUT2D eigenvalue weighted by Crippen LogP contribution is 2.22. The van der Waals surface area contributed by atoms with Crippen LogP contribution >= 0.6 is 0 Å². The van der Waals surface area contributed by atoms with Gasteiger partial charge in [-0.25, -0.2) is 4.79 Å². The van der Waals surface area contributed by atoms with Gasteiger partial charge in [-0.3, -0.25) is 14.5 Å². The number of nitrogens with one attached hydrogen (secondary N) is 1. The monoisotopic (exact) mass is 317 g/mol. The molecule has 0 saturated heterocycles. The molecule has 0 bridgehead atoms. The number of amides is 4. The molecule has 0 spiro atoms. The first-order valence-corrected chi connectivity index (χ1v) is 8.08. The smallest absolute Gasteiger partial charge is 0.350 e. The fraction of sp³-hybridized carbons (Fsp3) is 0.529. The van der Waals surface area contributed by atoms with Crippen LogP contribution < -0.4 is 5.32 Å². The second kappa shape index (κ2) is 7.35. The van der Waals surface area contributed by atoms with E-state index in [0.29, 0.717) is 17.8 Å². The minimum absolute atomic E-state index is 0.0140. The Kier molecular flexibility index (Phi) is 5.47. The van der Waals surface area contributed by atoms with Crippen LogP contribution in [-0.2, 0) is 9.59 Å². The van der Waals surface area contributed by atoms with E-state index in [1.807, 2.05) is 13.8 Å². The SMILES string of the molecule is CCCCCN1C(=O)N=C2C=C(C(=O)NC(C)C)C=CC2C1=O. The van der Waals surface area contributed by atoms with Crippen LogP contribution in [0.3, 0.4) is 0 Å². The summed E-state index contributed by atoms with van der Waals surface area (Å²) >= 11 is 0. The lowest BCUT2D eigenvalue weighted by Gasteiger charge is -2.29. The Balaban J connectivity index is 2.16. The second-order valence-electron chi connectivity index (χ2n) is 6.08. The van der Waals surface area contributed by atoms with E-state index in [1.54, 1.807) is 12.2 Å². The van der Waals surface area contributed by atoms with Gasteiger partial charge in [0.2, 0.25) is 5.91 Å². The molecule has 1 heterocycles. The number of rotatable bonds is 6. The Morgan fingerprint density at radius 2 is 2.09 bits per heavy atom. The largest absolute Gasteiger partial charge is 0.350 e. The summed E-state index contributed by atoms with van der Waals surface area (Å²) in [5.74, 6) is -1.06. The van der Waals surface area contributed by atoms with E-state index in [-0.39, 0.29) is 17.9 Å². The highest BCUT2D eigenvalue weighted by Gasteiger charge is 2.36. The molecule has 0 aromatic heterocycles. The molecule has 1 aliphatic heterocycles. The lowest BCUT2D eigenvalue weighted by molar-refractivity contribution is -0.129. The van der Waals surface area contributed by atoms with Crippen molar-refractivity contribution in [1.82, 2.24) is 10.2 Å². The first kappa shape index (κ1) is 17.1. The van der Waals surface area contributed by atoms with E-state index in [9.17, 15) is 14.4 Å². The van der Waals surface area contributed by atoms with Gasteiger partial charge >= 0.3 is 6.03 Å². The number of carbonyl (C=O) groups excluding carboxylic acids is 3. The molecule has 0 saturated carbocycles. The van der Waals surface area contributed by atoms with Gasteiger partial charge in [0.25, 0.3) is 5.91 Å². The molecule has 6 heteroatoms. The first-order valence-electron chi connectivity index (χ1n) is 8.08. The van der Waals surface area contributed by atoms with Crippen LogP contribution in [0.1, 0.15) is 40.0 Å². The minimum Gasteiger partial charge on any atom is -0.350 e. The van der Waals surface area contributed by atoms with Crippen molar-refractivity contribution in [3.05, 3.63) is 23.8 Å². The second-order valence-corrected chi connectivity index (χ2v) is 6.08. The summed E-state index contributed by atoms with van der Waals surface area (Å²) in [6, 6.07) is -0.521. The predicted molar refractivity (Wildman–Crippen MR) is 88.1 cm³/mol. The molecular weight excluding hydrogens is 294 g/mol. The maximum absolute atomic E-state index is 12.5. The number of nitrogens with zero attached hydrogens (tertiary/aromatic N) is 2. The molecule has 23 heavy (non-hydrogen) atoms. The van der Waals surface area contributed by atoms with E-state index in [4.69, 9.17) is 0 Å². The summed E-state index contributed by atoms with van der Waals surface area (Å²) in [5.41, 5.74) is 0.761. The Hall–Kier alpha value is -2.24. The van der Waals surface area contributed by atoms with Crippen LogP contribution in [0.25, 0.3) is 0 Å². The summed E-state index contributed by atoms with van der Waals surface area (Å²) in [6.07, 6.45) is 7.57. The molecule has 1 unspecified atom stereocenters. The van der Waals surface area contributed by atoms with E-state index in [2.05, 4.69) is 17.2 Å². The Morgan fingerprint density at radius 1 is 1.35 bits per heavy atom. The molecule has 124 valence electrons. The molecule has 0 aromatic carbocycles. The van der Waals surface area contributed by atoms with Crippen molar-refractivity contribution >= 4 is 23.6 Å². The standard InChI is InChI=1S/C17H23N3O3/c1-4-5-6-9-20-16(22)13-8-7-12(15(21)18-11(2)3)10-14(13)19-17(20)23/h7-8,10-11,13H,4-6,9H2,1-3H3,(H,18,21). The zero-order valence-corrected chi connectivity index (χ0v) is 13.8. The number of fused-ring (bicyclic) bond motifs is 1. The van der Waals surface area contributed by atoms with Crippen LogP contribution in [0.2, 0.25) is 0 Å². The van der Waals surface area contributed by atoms with Crippen molar-refractivity contribution in [2.75, 3.05) is 6.54 Å². The van der Waals surface area contributed by atoms with Gasteiger partial charge in [0.05, 0.1) is 11.6 Å². The van der Waals surface area contributed by atoms with E-state index in [0.717, 1.165) is 19.3 Å². The van der Waals surface area contributed by atoms with Crippen molar-refractivity contribution in [3.8, 4) is 0 Å². The maximum Gasteiger partial charge on any atom is 0.350 e. The summed E-state index contributed by atoms with van der Waals surface area (Å²) in [4.78, 5) is 41.8. The Labute approximate surface area is 136 Å². The molecule has 1 atom stereocenters. The highest BCUT2D eigenvalue weighted by molar-refractivity contribution is 6.23. The summed E-state index contributed by atoms with van der Waals surface area (Å²) < 4.78 is 0. The molecule has 2 rings (SSSR count). The van der Waals surface area contributed by atoms with E-state index >= 15 is 0 Å². The van der Waals surface area contributed by atoms with Crippen LogP contribution in [0.15, 0.2) is 28.8 Å². The van der Waals surface area contributed by atoms with Crippen molar-refractivity contribution in [2.45, 2.75) is 46.1 Å². The molecule has 6 nitrogen and oxygen atoms in total. The van der Waals surface area contributed by atoms with E-state index in [1.165, 1.54) is 11.0 Å². The molecule has 1 N–H and O–H groups in total. The van der Waals surface area contributed by atoms with Crippen molar-refractivity contribution < 1.29 is 14.4 Å². The lowest BCUT2D eigenvalue weighted by atomic mass is 9.91. The number of imide groups is 1. The third kappa shape index (κ3) is 3.94. The van der Waals surface area contributed by atoms with Gasteiger partial charge in [0.1, 0.15) is 0 Å². The van der Waals surface area contributed by atoms with Gasteiger partial charge in [-0.2, -0.15) is 4.99 Å².